The Kier molecular flexibility index (Phi) is 3.79. The molecule has 4 nitrogen and oxygen atoms in total. The molecule has 17 heavy (non-hydrogen) atoms. The van der Waals surface area contributed by atoms with Gasteiger partial charge >= 0.3 is 5.97 Å². The zero-order valence-corrected chi connectivity index (χ0v) is 11.1. The van der Waals surface area contributed by atoms with Gasteiger partial charge in [0.1, 0.15) is 5.01 Å². The van der Waals surface area contributed by atoms with Gasteiger partial charge in [-0.1, -0.05) is 0 Å². The van der Waals surface area contributed by atoms with Crippen LogP contribution in [-0.4, -0.2) is 33.5 Å². The number of likely N-dealkylation sites (tertiary alicyclic amines) is 1. The average molecular weight is 254 g/mol. The molecule has 1 aliphatic rings. The number of aromatic nitrogens is 1. The van der Waals surface area contributed by atoms with Crippen molar-refractivity contribution in [1.29, 1.82) is 0 Å². The smallest absolute Gasteiger partial charge is 0.304 e. The van der Waals surface area contributed by atoms with E-state index in [1.807, 2.05) is 6.92 Å². The standard InChI is InChI=1S/C12H18N2O2S/c1-8-9(2)17-11(13-8)7-14-5-3-4-10(14)6-12(15)16/h10H,3-7H2,1-2H3,(H,15,16). The second-order valence-electron chi connectivity index (χ2n) is 4.61. The third kappa shape index (κ3) is 3.04. The number of carboxylic acid groups (broad SMARTS) is 1. The van der Waals surface area contributed by atoms with Gasteiger partial charge in [-0.05, 0) is 33.2 Å². The minimum Gasteiger partial charge on any atom is -0.481 e. The van der Waals surface area contributed by atoms with E-state index in [-0.39, 0.29) is 12.5 Å². The molecule has 0 aromatic carbocycles. The molecule has 0 saturated carbocycles. The highest BCUT2D eigenvalue weighted by Gasteiger charge is 2.27. The Morgan fingerprint density at radius 1 is 1.59 bits per heavy atom. The van der Waals surface area contributed by atoms with Crippen LogP contribution in [0.4, 0.5) is 0 Å². The maximum atomic E-state index is 10.8. The summed E-state index contributed by atoms with van der Waals surface area (Å²) >= 11 is 1.72. The number of hydrogen-bond acceptors (Lipinski definition) is 4. The SMILES string of the molecule is Cc1nc(CN2CCCC2CC(=O)O)sc1C. The average Bonchev–Trinajstić information content (AvgIpc) is 2.76. The molecule has 1 aromatic heterocycles. The molecular formula is C12H18N2O2S. The molecule has 0 radical (unpaired) electrons. The predicted molar refractivity (Wildman–Crippen MR) is 67.3 cm³/mol. The summed E-state index contributed by atoms with van der Waals surface area (Å²) in [5.41, 5.74) is 1.10. The van der Waals surface area contributed by atoms with E-state index < -0.39 is 5.97 Å². The Balaban J connectivity index is 2.00. The Morgan fingerprint density at radius 3 is 2.94 bits per heavy atom. The van der Waals surface area contributed by atoms with Crippen LogP contribution in [0.25, 0.3) is 0 Å². The summed E-state index contributed by atoms with van der Waals surface area (Å²) in [6.07, 6.45) is 2.35. The van der Waals surface area contributed by atoms with Crippen molar-refractivity contribution in [3.8, 4) is 0 Å². The van der Waals surface area contributed by atoms with Gasteiger partial charge in [0.25, 0.3) is 0 Å². The quantitative estimate of drug-likeness (QED) is 0.895. The maximum absolute atomic E-state index is 10.8. The van der Waals surface area contributed by atoms with Gasteiger partial charge in [-0.25, -0.2) is 4.98 Å². The molecule has 1 unspecified atom stereocenters. The van der Waals surface area contributed by atoms with Crippen LogP contribution in [-0.2, 0) is 11.3 Å². The lowest BCUT2D eigenvalue weighted by Crippen LogP contribution is -2.30. The van der Waals surface area contributed by atoms with Crippen molar-refractivity contribution in [1.82, 2.24) is 9.88 Å². The first kappa shape index (κ1) is 12.5. The summed E-state index contributed by atoms with van der Waals surface area (Å²) in [4.78, 5) is 18.8. The number of aliphatic carboxylic acids is 1. The molecule has 0 aliphatic carbocycles. The van der Waals surface area contributed by atoms with E-state index in [2.05, 4.69) is 16.8 Å². The van der Waals surface area contributed by atoms with Crippen molar-refractivity contribution in [3.63, 3.8) is 0 Å². The number of rotatable bonds is 4. The zero-order valence-electron chi connectivity index (χ0n) is 10.3. The van der Waals surface area contributed by atoms with E-state index in [0.29, 0.717) is 0 Å². The van der Waals surface area contributed by atoms with Gasteiger partial charge in [0.05, 0.1) is 18.7 Å². The second-order valence-corrected chi connectivity index (χ2v) is 5.90. The van der Waals surface area contributed by atoms with Gasteiger partial charge in [0.2, 0.25) is 0 Å². The molecule has 0 amide bonds. The van der Waals surface area contributed by atoms with Gasteiger partial charge in [-0.3, -0.25) is 9.69 Å². The highest BCUT2D eigenvalue weighted by atomic mass is 32.1. The molecule has 1 atom stereocenters. The first-order chi connectivity index (χ1) is 8.06. The van der Waals surface area contributed by atoms with E-state index in [1.54, 1.807) is 11.3 Å². The van der Waals surface area contributed by atoms with E-state index in [9.17, 15) is 4.79 Å². The molecule has 5 heteroatoms. The zero-order chi connectivity index (χ0) is 12.4. The number of aryl methyl sites for hydroxylation is 2. The van der Waals surface area contributed by atoms with Gasteiger partial charge in [-0.15, -0.1) is 11.3 Å². The minimum absolute atomic E-state index is 0.192. The number of hydrogen-bond donors (Lipinski definition) is 1. The topological polar surface area (TPSA) is 53.4 Å². The Morgan fingerprint density at radius 2 is 2.35 bits per heavy atom. The van der Waals surface area contributed by atoms with Gasteiger partial charge in [-0.2, -0.15) is 0 Å². The van der Waals surface area contributed by atoms with Crippen LogP contribution in [0.2, 0.25) is 0 Å². The lowest BCUT2D eigenvalue weighted by molar-refractivity contribution is -0.138. The number of carboxylic acids is 1. The van der Waals surface area contributed by atoms with Crippen LogP contribution in [0.3, 0.4) is 0 Å². The van der Waals surface area contributed by atoms with Crippen molar-refractivity contribution >= 4 is 17.3 Å². The molecule has 1 fully saturated rings. The van der Waals surface area contributed by atoms with E-state index in [1.165, 1.54) is 4.88 Å². The fourth-order valence-electron chi connectivity index (χ4n) is 2.32. The van der Waals surface area contributed by atoms with E-state index >= 15 is 0 Å². The van der Waals surface area contributed by atoms with E-state index in [4.69, 9.17) is 5.11 Å². The maximum Gasteiger partial charge on any atom is 0.304 e. The van der Waals surface area contributed by atoms with Crippen molar-refractivity contribution in [3.05, 3.63) is 15.6 Å². The molecule has 94 valence electrons. The monoisotopic (exact) mass is 254 g/mol. The second kappa shape index (κ2) is 5.14. The highest BCUT2D eigenvalue weighted by Crippen LogP contribution is 2.25. The molecule has 1 aromatic rings. The molecule has 1 N–H and O–H groups in total. The Labute approximate surface area is 105 Å². The molecule has 2 rings (SSSR count). The number of nitrogens with zero attached hydrogens (tertiary/aromatic N) is 2. The first-order valence-electron chi connectivity index (χ1n) is 5.95. The van der Waals surface area contributed by atoms with Crippen molar-refractivity contribution < 1.29 is 9.90 Å². The summed E-state index contributed by atoms with van der Waals surface area (Å²) in [7, 11) is 0. The van der Waals surface area contributed by atoms with Crippen LogP contribution in [0.1, 0.15) is 34.8 Å². The van der Waals surface area contributed by atoms with Gasteiger partial charge in [0.15, 0.2) is 0 Å². The highest BCUT2D eigenvalue weighted by molar-refractivity contribution is 7.11. The fraction of sp³-hybridized carbons (Fsp3) is 0.667. The Hall–Kier alpha value is -0.940. The number of carbonyl (C=O) groups is 1. The van der Waals surface area contributed by atoms with Crippen LogP contribution < -0.4 is 0 Å². The lowest BCUT2D eigenvalue weighted by atomic mass is 10.1. The normalized spacial score (nSPS) is 20.9. The third-order valence-corrected chi connectivity index (χ3v) is 4.38. The van der Waals surface area contributed by atoms with Gasteiger partial charge in [0, 0.05) is 10.9 Å². The molecule has 1 aliphatic heterocycles. The van der Waals surface area contributed by atoms with Crippen molar-refractivity contribution in [2.75, 3.05) is 6.54 Å². The van der Waals surface area contributed by atoms with Crippen molar-refractivity contribution in [2.45, 2.75) is 45.7 Å². The molecule has 1 saturated heterocycles. The third-order valence-electron chi connectivity index (χ3n) is 3.32. The van der Waals surface area contributed by atoms with Crippen LogP contribution in [0.5, 0.6) is 0 Å². The first-order valence-corrected chi connectivity index (χ1v) is 6.76. The molecular weight excluding hydrogens is 236 g/mol. The summed E-state index contributed by atoms with van der Waals surface area (Å²) in [6, 6.07) is 0.192. The molecule has 0 bridgehead atoms. The molecule has 0 spiro atoms. The molecule has 2 heterocycles. The lowest BCUT2D eigenvalue weighted by Gasteiger charge is -2.21. The number of thiazole rings is 1. The Bertz CT molecular complexity index is 397. The van der Waals surface area contributed by atoms with Gasteiger partial charge < -0.3 is 5.11 Å². The summed E-state index contributed by atoms with van der Waals surface area (Å²) in [5.74, 6) is -0.701. The predicted octanol–water partition coefficient (Wildman–Crippen LogP) is 2.20. The van der Waals surface area contributed by atoms with Crippen LogP contribution in [0.15, 0.2) is 0 Å². The largest absolute Gasteiger partial charge is 0.481 e. The minimum atomic E-state index is -0.701. The van der Waals surface area contributed by atoms with Crippen molar-refractivity contribution in [2.24, 2.45) is 0 Å². The van der Waals surface area contributed by atoms with Crippen LogP contribution in [0, 0.1) is 13.8 Å². The summed E-state index contributed by atoms with van der Waals surface area (Å²) < 4.78 is 0. The summed E-state index contributed by atoms with van der Waals surface area (Å²) in [5, 5.41) is 9.97. The van der Waals surface area contributed by atoms with E-state index in [0.717, 1.165) is 36.6 Å². The fourth-order valence-corrected chi connectivity index (χ4v) is 3.28. The summed E-state index contributed by atoms with van der Waals surface area (Å²) in [6.45, 7) is 5.90. The van der Waals surface area contributed by atoms with Crippen LogP contribution >= 0.6 is 11.3 Å².